The summed E-state index contributed by atoms with van der Waals surface area (Å²) in [6, 6.07) is -1.53. The summed E-state index contributed by atoms with van der Waals surface area (Å²) in [5, 5.41) is 8.89. The monoisotopic (exact) mass is 840 g/mol. The SMILES string of the molecule is CC/C=C/C=C/C=C/C=C/CCCCCCCC(=O)O[C@H](COC(=O)CCCCCCCCCCCCCCCCCCCCC)COP(=O)(O)OC[C@H](N)C(=O)O. The first-order valence-electron chi connectivity index (χ1n) is 22.7. The van der Waals surface area contributed by atoms with E-state index in [0.29, 0.717) is 12.8 Å². The summed E-state index contributed by atoms with van der Waals surface area (Å²) in [6.07, 6.45) is 46.0. The molecular weight excluding hydrogens is 757 g/mol. The van der Waals surface area contributed by atoms with Crippen molar-refractivity contribution in [3.63, 3.8) is 0 Å². The van der Waals surface area contributed by atoms with Crippen LogP contribution in [-0.2, 0) is 37.5 Å². The van der Waals surface area contributed by atoms with Crippen molar-refractivity contribution in [1.29, 1.82) is 0 Å². The molecule has 3 atom stereocenters. The molecule has 0 fully saturated rings. The standard InChI is InChI=1S/C46H82NO10P/c1-3-5-7-9-11-13-15-17-19-20-21-22-24-25-27-29-31-33-35-37-44(48)54-39-42(40-55-58(52,53)56-41-43(47)46(50)51)57-45(49)38-36-34-32-30-28-26-23-18-16-14-12-10-8-6-4-2/h6,8,10,12,14,16,18,23,42-43H,3-5,7,9,11,13,15,17,19-22,24-41,47H2,1-2H3,(H,50,51)(H,52,53)/b8-6+,12-10+,16-14+,23-18+/t42-,43+/m1/s1. The number of nitrogens with two attached hydrogens (primary N) is 1. The topological polar surface area (TPSA) is 172 Å². The number of carbonyl (C=O) groups is 3. The first-order valence-corrected chi connectivity index (χ1v) is 24.2. The molecule has 0 aromatic heterocycles. The van der Waals surface area contributed by atoms with Crippen molar-refractivity contribution in [2.24, 2.45) is 5.73 Å². The highest BCUT2D eigenvalue weighted by atomic mass is 31.2. The van der Waals surface area contributed by atoms with Crippen LogP contribution in [0.3, 0.4) is 0 Å². The van der Waals surface area contributed by atoms with Crippen molar-refractivity contribution >= 4 is 25.7 Å². The van der Waals surface area contributed by atoms with Gasteiger partial charge in [-0.1, -0.05) is 197 Å². The van der Waals surface area contributed by atoms with Crippen LogP contribution in [0.5, 0.6) is 0 Å². The Balaban J connectivity index is 4.32. The molecule has 0 aromatic carbocycles. The molecule has 0 aromatic rings. The third-order valence-electron chi connectivity index (χ3n) is 9.69. The summed E-state index contributed by atoms with van der Waals surface area (Å²) < 4.78 is 32.7. The number of carbonyl (C=O) groups excluding carboxylic acids is 2. The van der Waals surface area contributed by atoms with Crippen LogP contribution < -0.4 is 5.73 Å². The predicted molar refractivity (Wildman–Crippen MR) is 235 cm³/mol. The van der Waals surface area contributed by atoms with E-state index in [9.17, 15) is 23.8 Å². The Morgan fingerprint density at radius 2 is 0.966 bits per heavy atom. The Hall–Kier alpha value is -2.56. The van der Waals surface area contributed by atoms with Crippen molar-refractivity contribution in [2.45, 2.75) is 206 Å². The molecule has 0 aliphatic carbocycles. The van der Waals surface area contributed by atoms with Crippen LogP contribution in [0, 0.1) is 0 Å². The lowest BCUT2D eigenvalue weighted by atomic mass is 10.0. The van der Waals surface area contributed by atoms with Crippen LogP contribution in [-0.4, -0.2) is 59.9 Å². The molecule has 0 aliphatic heterocycles. The molecule has 11 nitrogen and oxygen atoms in total. The number of rotatable bonds is 42. The molecule has 0 radical (unpaired) electrons. The van der Waals surface area contributed by atoms with Crippen LogP contribution >= 0.6 is 7.82 Å². The number of phosphoric ester groups is 1. The molecule has 0 saturated carbocycles. The van der Waals surface area contributed by atoms with Gasteiger partial charge in [0, 0.05) is 12.8 Å². The lowest BCUT2D eigenvalue weighted by Crippen LogP contribution is -2.34. The maximum absolute atomic E-state index is 12.6. The molecule has 58 heavy (non-hydrogen) atoms. The van der Waals surface area contributed by atoms with E-state index in [1.807, 2.05) is 36.5 Å². The minimum atomic E-state index is -4.72. The highest BCUT2D eigenvalue weighted by Crippen LogP contribution is 2.43. The van der Waals surface area contributed by atoms with Gasteiger partial charge in [0.2, 0.25) is 0 Å². The van der Waals surface area contributed by atoms with Crippen LogP contribution in [0.4, 0.5) is 0 Å². The highest BCUT2D eigenvalue weighted by Gasteiger charge is 2.28. The van der Waals surface area contributed by atoms with Gasteiger partial charge in [0.05, 0.1) is 13.2 Å². The minimum absolute atomic E-state index is 0.135. The van der Waals surface area contributed by atoms with Crippen LogP contribution in [0.2, 0.25) is 0 Å². The number of esters is 2. The number of aliphatic carboxylic acids is 1. The summed E-state index contributed by atoms with van der Waals surface area (Å²) >= 11 is 0. The second kappa shape index (κ2) is 41.2. The molecule has 0 aliphatic rings. The van der Waals surface area contributed by atoms with E-state index in [2.05, 4.69) is 30.5 Å². The lowest BCUT2D eigenvalue weighted by Gasteiger charge is -2.20. The number of ether oxygens (including phenoxy) is 2. The van der Waals surface area contributed by atoms with Crippen molar-refractivity contribution in [2.75, 3.05) is 19.8 Å². The molecule has 0 heterocycles. The number of hydrogen-bond acceptors (Lipinski definition) is 9. The summed E-state index contributed by atoms with van der Waals surface area (Å²) in [6.45, 7) is 2.66. The van der Waals surface area contributed by atoms with Crippen molar-refractivity contribution in [1.82, 2.24) is 0 Å². The Kier molecular flexibility index (Phi) is 39.4. The summed E-state index contributed by atoms with van der Waals surface area (Å²) in [5.41, 5.74) is 5.33. The zero-order valence-corrected chi connectivity index (χ0v) is 37.3. The zero-order valence-electron chi connectivity index (χ0n) is 36.4. The smallest absolute Gasteiger partial charge is 0.472 e. The van der Waals surface area contributed by atoms with Crippen molar-refractivity contribution in [3.8, 4) is 0 Å². The Bertz CT molecular complexity index is 1170. The molecule has 0 bridgehead atoms. The maximum atomic E-state index is 12.6. The highest BCUT2D eigenvalue weighted by molar-refractivity contribution is 7.47. The first-order chi connectivity index (χ1) is 28.1. The molecule has 0 amide bonds. The molecule has 12 heteroatoms. The summed E-state index contributed by atoms with van der Waals surface area (Å²) in [7, 11) is -4.72. The van der Waals surface area contributed by atoms with Gasteiger partial charge >= 0.3 is 25.7 Å². The van der Waals surface area contributed by atoms with Gasteiger partial charge in [-0.05, 0) is 32.1 Å². The maximum Gasteiger partial charge on any atom is 0.472 e. The Morgan fingerprint density at radius 1 is 0.552 bits per heavy atom. The van der Waals surface area contributed by atoms with E-state index in [1.54, 1.807) is 0 Å². The first kappa shape index (κ1) is 55.4. The van der Waals surface area contributed by atoms with Gasteiger partial charge in [0.1, 0.15) is 12.6 Å². The van der Waals surface area contributed by atoms with Gasteiger partial charge in [0.25, 0.3) is 0 Å². The van der Waals surface area contributed by atoms with Crippen molar-refractivity contribution < 1.29 is 47.5 Å². The average molecular weight is 840 g/mol. The van der Waals surface area contributed by atoms with Crippen molar-refractivity contribution in [3.05, 3.63) is 48.6 Å². The number of phosphoric acid groups is 1. The average Bonchev–Trinajstić information content (AvgIpc) is 3.20. The van der Waals surface area contributed by atoms with E-state index < -0.39 is 51.1 Å². The van der Waals surface area contributed by atoms with E-state index in [-0.39, 0.29) is 19.4 Å². The van der Waals surface area contributed by atoms with Gasteiger partial charge in [-0.3, -0.25) is 23.4 Å². The van der Waals surface area contributed by atoms with E-state index in [0.717, 1.165) is 57.8 Å². The number of hydrogen-bond donors (Lipinski definition) is 3. The molecule has 0 rings (SSSR count). The van der Waals surface area contributed by atoms with E-state index in [1.165, 1.54) is 96.3 Å². The van der Waals surface area contributed by atoms with Gasteiger partial charge in [-0.15, -0.1) is 0 Å². The number of carboxylic acids is 1. The van der Waals surface area contributed by atoms with Crippen LogP contribution in [0.1, 0.15) is 194 Å². The molecule has 4 N–H and O–H groups in total. The van der Waals surface area contributed by atoms with E-state index >= 15 is 0 Å². The minimum Gasteiger partial charge on any atom is -0.480 e. The van der Waals surface area contributed by atoms with Gasteiger partial charge in [-0.25, -0.2) is 4.57 Å². The summed E-state index contributed by atoms with van der Waals surface area (Å²) in [5.74, 6) is -2.40. The lowest BCUT2D eigenvalue weighted by molar-refractivity contribution is -0.161. The quantitative estimate of drug-likeness (QED) is 0.0231. The molecule has 0 saturated heterocycles. The third kappa shape index (κ3) is 40.2. The van der Waals surface area contributed by atoms with Gasteiger partial charge < -0.3 is 25.2 Å². The molecule has 0 spiro atoms. The van der Waals surface area contributed by atoms with Crippen LogP contribution in [0.25, 0.3) is 0 Å². The Morgan fingerprint density at radius 3 is 1.45 bits per heavy atom. The number of unbranched alkanes of at least 4 members (excludes halogenated alkanes) is 23. The fourth-order valence-corrected chi connectivity index (χ4v) is 6.91. The zero-order chi connectivity index (χ0) is 42.8. The van der Waals surface area contributed by atoms with Crippen LogP contribution in [0.15, 0.2) is 48.6 Å². The molecule has 336 valence electrons. The van der Waals surface area contributed by atoms with Gasteiger partial charge in [-0.2, -0.15) is 0 Å². The van der Waals surface area contributed by atoms with Gasteiger partial charge in [0.15, 0.2) is 6.10 Å². The number of allylic oxidation sites excluding steroid dienone is 8. The molecule has 1 unspecified atom stereocenters. The number of carboxylic acid groups (broad SMARTS) is 1. The second-order valence-electron chi connectivity index (χ2n) is 15.3. The second-order valence-corrected chi connectivity index (χ2v) is 16.7. The fourth-order valence-electron chi connectivity index (χ4n) is 6.14. The third-order valence-corrected chi connectivity index (χ3v) is 10.6. The fraction of sp³-hybridized carbons (Fsp3) is 0.761. The predicted octanol–water partition coefficient (Wildman–Crippen LogP) is 12.2. The summed E-state index contributed by atoms with van der Waals surface area (Å²) in [4.78, 5) is 46.0. The Labute approximate surface area is 352 Å². The normalized spacial score (nSPS) is 14.1. The molecular formula is C46H82NO10P. The van der Waals surface area contributed by atoms with E-state index in [4.69, 9.17) is 24.8 Å². The largest absolute Gasteiger partial charge is 0.480 e.